The van der Waals surface area contributed by atoms with Crippen LogP contribution in [-0.2, 0) is 38.0 Å². The maximum atomic E-state index is 14.7. The predicted molar refractivity (Wildman–Crippen MR) is 230 cm³/mol. The van der Waals surface area contributed by atoms with Crippen molar-refractivity contribution in [1.29, 1.82) is 0 Å². The number of carbonyl (C=O) groups is 3. The minimum Gasteiger partial charge on any atom is -0.481 e. The lowest BCUT2D eigenvalue weighted by atomic mass is 9.72. The number of benzene rings is 1. The zero-order valence-corrected chi connectivity index (χ0v) is 38.6. The predicted octanol–water partition coefficient (Wildman–Crippen LogP) is 8.41. The molecule has 3 N–H and O–H groups in total. The van der Waals surface area contributed by atoms with Gasteiger partial charge in [-0.1, -0.05) is 73.6 Å². The summed E-state index contributed by atoms with van der Waals surface area (Å²) in [5, 5.41) is 32.9. The van der Waals surface area contributed by atoms with Crippen LogP contribution in [0.4, 0.5) is 4.79 Å². The van der Waals surface area contributed by atoms with Gasteiger partial charge in [-0.05, 0) is 108 Å². The van der Waals surface area contributed by atoms with Crippen molar-refractivity contribution in [1.82, 2.24) is 0 Å². The van der Waals surface area contributed by atoms with Crippen LogP contribution in [-0.4, -0.2) is 98.7 Å². The standard InChI is InChI=1S/C49H74O13/c1-11-35(44(52)53)37-20-19-28(4)42(58-37)32(8)40(50)31(7)41(51)36(12-2)43-29(5)27-30(6)48(60-43)24-22-39(59-45(54)57-34-17-15-14-16-18-34)49(62-48)26-25-46(10,61-49)38-21-23-47(55,13-3)33(9)56-38/h14-18,22,24,28-33,35-40,42-43,50,55H,11-13,19-21,23,25-27H2,1-10H3,(H,52,53)/t28-,29-,30+,31-,32-,33-,35+,36-,37?,38+,39-,40+,42+,43?,46-,47+,48-,49-/m0/s1. The van der Waals surface area contributed by atoms with Crippen LogP contribution < -0.4 is 4.74 Å². The Morgan fingerprint density at radius 2 is 1.56 bits per heavy atom. The average Bonchev–Trinajstić information content (AvgIpc) is 3.59. The van der Waals surface area contributed by atoms with E-state index >= 15 is 0 Å². The van der Waals surface area contributed by atoms with Crippen molar-refractivity contribution >= 4 is 17.9 Å². The number of ether oxygens (including phenoxy) is 7. The first-order chi connectivity index (χ1) is 29.3. The number of carbonyl (C=O) groups excluding carboxylic acids is 2. The number of rotatable bonds is 14. The van der Waals surface area contributed by atoms with E-state index in [9.17, 15) is 29.7 Å². The average molecular weight is 871 g/mol. The topological polar surface area (TPSA) is 177 Å². The third-order valence-corrected chi connectivity index (χ3v) is 15.6. The molecule has 62 heavy (non-hydrogen) atoms. The van der Waals surface area contributed by atoms with E-state index in [2.05, 4.69) is 13.8 Å². The molecule has 0 amide bonds. The van der Waals surface area contributed by atoms with Crippen LogP contribution in [0.25, 0.3) is 0 Å². The number of Topliss-reactive ketones (excluding diaryl/α,β-unsaturated/α-hetero) is 1. The molecule has 13 heteroatoms. The Balaban J connectivity index is 1.24. The molecule has 348 valence electrons. The van der Waals surface area contributed by atoms with Crippen LogP contribution in [0.2, 0.25) is 0 Å². The van der Waals surface area contributed by atoms with E-state index in [1.807, 2.05) is 54.5 Å². The molecule has 5 heterocycles. The van der Waals surface area contributed by atoms with Crippen molar-refractivity contribution in [2.24, 2.45) is 41.4 Å². The molecule has 6 rings (SSSR count). The Morgan fingerprint density at radius 3 is 2.19 bits per heavy atom. The highest BCUT2D eigenvalue weighted by Crippen LogP contribution is 2.54. The van der Waals surface area contributed by atoms with Gasteiger partial charge < -0.3 is 48.5 Å². The van der Waals surface area contributed by atoms with E-state index in [0.29, 0.717) is 63.5 Å². The first-order valence-corrected chi connectivity index (χ1v) is 23.4. The Labute approximate surface area is 368 Å². The Kier molecular flexibility index (Phi) is 15.1. The largest absolute Gasteiger partial charge is 0.514 e. The van der Waals surface area contributed by atoms with Crippen molar-refractivity contribution in [3.05, 3.63) is 42.5 Å². The summed E-state index contributed by atoms with van der Waals surface area (Å²) in [6.45, 7) is 19.5. The maximum Gasteiger partial charge on any atom is 0.514 e. The minimum absolute atomic E-state index is 0.0530. The summed E-state index contributed by atoms with van der Waals surface area (Å²) in [6.07, 6.45) is 3.78. The van der Waals surface area contributed by atoms with Crippen molar-refractivity contribution in [2.75, 3.05) is 0 Å². The van der Waals surface area contributed by atoms with E-state index in [1.54, 1.807) is 43.3 Å². The lowest BCUT2D eigenvalue weighted by Crippen LogP contribution is -2.63. The number of carboxylic acid groups (broad SMARTS) is 1. The quantitative estimate of drug-likeness (QED) is 0.0924. The van der Waals surface area contributed by atoms with Gasteiger partial charge in [0.15, 0.2) is 11.9 Å². The number of carboxylic acids is 1. The first kappa shape index (κ1) is 48.5. The molecule has 5 aliphatic heterocycles. The van der Waals surface area contributed by atoms with E-state index in [1.165, 1.54) is 0 Å². The first-order valence-electron chi connectivity index (χ1n) is 23.4. The highest BCUT2D eigenvalue weighted by atomic mass is 16.8. The van der Waals surface area contributed by atoms with Gasteiger partial charge in [0.25, 0.3) is 0 Å². The van der Waals surface area contributed by atoms with Gasteiger partial charge in [-0.15, -0.1) is 0 Å². The number of aliphatic carboxylic acids is 1. The van der Waals surface area contributed by atoms with Crippen molar-refractivity contribution < 1.29 is 62.9 Å². The zero-order chi connectivity index (χ0) is 45.4. The number of hydrogen-bond acceptors (Lipinski definition) is 12. The molecule has 0 saturated carbocycles. The summed E-state index contributed by atoms with van der Waals surface area (Å²) in [6, 6.07) is 8.66. The van der Waals surface area contributed by atoms with Gasteiger partial charge in [-0.3, -0.25) is 9.59 Å². The molecule has 0 radical (unpaired) electrons. The lowest BCUT2D eigenvalue weighted by molar-refractivity contribution is -0.408. The lowest BCUT2D eigenvalue weighted by Gasteiger charge is -2.54. The summed E-state index contributed by atoms with van der Waals surface area (Å²) >= 11 is 0. The highest BCUT2D eigenvalue weighted by molar-refractivity contribution is 5.84. The van der Waals surface area contributed by atoms with Crippen LogP contribution in [0.15, 0.2) is 42.5 Å². The second kappa shape index (κ2) is 19.3. The van der Waals surface area contributed by atoms with Crippen LogP contribution in [0.5, 0.6) is 5.75 Å². The van der Waals surface area contributed by atoms with Gasteiger partial charge >= 0.3 is 12.1 Å². The monoisotopic (exact) mass is 871 g/mol. The molecule has 0 aliphatic carbocycles. The molecule has 4 saturated heterocycles. The Hall–Kier alpha value is -2.91. The molecule has 13 nitrogen and oxygen atoms in total. The molecular formula is C49H74O13. The van der Waals surface area contributed by atoms with Crippen LogP contribution >= 0.6 is 0 Å². The fourth-order valence-electron chi connectivity index (χ4n) is 11.3. The second-order valence-corrected chi connectivity index (χ2v) is 19.7. The van der Waals surface area contributed by atoms with E-state index in [4.69, 9.17) is 33.2 Å². The number of para-hydroxylation sites is 1. The molecule has 2 spiro atoms. The van der Waals surface area contributed by atoms with Gasteiger partial charge in [0.1, 0.15) is 11.5 Å². The van der Waals surface area contributed by atoms with Crippen LogP contribution in [0, 0.1) is 41.4 Å². The van der Waals surface area contributed by atoms with Crippen molar-refractivity contribution in [3.8, 4) is 5.75 Å². The van der Waals surface area contributed by atoms with E-state index in [-0.39, 0.29) is 29.6 Å². The molecule has 4 fully saturated rings. The molecule has 18 atom stereocenters. The second-order valence-electron chi connectivity index (χ2n) is 19.7. The summed E-state index contributed by atoms with van der Waals surface area (Å²) in [5.41, 5.74) is -1.81. The fourth-order valence-corrected chi connectivity index (χ4v) is 11.3. The molecular weight excluding hydrogens is 797 g/mol. The van der Waals surface area contributed by atoms with E-state index in [0.717, 1.165) is 6.42 Å². The highest BCUT2D eigenvalue weighted by Gasteiger charge is 2.64. The molecule has 1 aromatic rings. The van der Waals surface area contributed by atoms with Crippen molar-refractivity contribution in [3.63, 3.8) is 0 Å². The third-order valence-electron chi connectivity index (χ3n) is 15.6. The molecule has 0 bridgehead atoms. The van der Waals surface area contributed by atoms with Gasteiger partial charge in [-0.25, -0.2) is 4.79 Å². The molecule has 0 aromatic heterocycles. The SMILES string of the molecule is CC[C@@H](C(=O)O)C1CC[C@H](C)[C@H]([C@@H](C)[C@H](O)[C@H](C)C(=O)[C@H](CC)C2O[C@]3(C=C[C@H](OC(=O)Oc4ccccc4)[C@]4(CC[C@@](C)([C@H]5CC[C@](O)(CC)[C@H](C)O5)O4)O3)[C@H](C)C[C@@H]2C)O1. The molecule has 1 aromatic carbocycles. The minimum atomic E-state index is -1.51. The van der Waals surface area contributed by atoms with Crippen molar-refractivity contribution in [2.45, 2.75) is 199 Å². The number of ketones is 1. The summed E-state index contributed by atoms with van der Waals surface area (Å²) in [7, 11) is 0. The summed E-state index contributed by atoms with van der Waals surface area (Å²) in [5.74, 6) is -6.14. The van der Waals surface area contributed by atoms with Gasteiger partial charge in [0, 0.05) is 30.1 Å². The number of aliphatic hydroxyl groups is 2. The number of aliphatic hydroxyl groups excluding tert-OH is 1. The van der Waals surface area contributed by atoms with Gasteiger partial charge in [-0.2, -0.15) is 0 Å². The Morgan fingerprint density at radius 1 is 0.871 bits per heavy atom. The Bertz CT molecular complexity index is 1740. The maximum absolute atomic E-state index is 14.7. The number of hydrogen-bond donors (Lipinski definition) is 3. The third kappa shape index (κ3) is 9.56. The van der Waals surface area contributed by atoms with Gasteiger partial charge in [0.2, 0.25) is 5.79 Å². The molecule has 2 unspecified atom stereocenters. The molecule has 5 aliphatic rings. The fraction of sp³-hybridized carbons (Fsp3) is 0.776. The summed E-state index contributed by atoms with van der Waals surface area (Å²) in [4.78, 5) is 40.1. The normalized spacial score (nSPS) is 40.9. The smallest absolute Gasteiger partial charge is 0.481 e. The summed E-state index contributed by atoms with van der Waals surface area (Å²) < 4.78 is 45.9. The van der Waals surface area contributed by atoms with Crippen LogP contribution in [0.1, 0.15) is 133 Å². The zero-order valence-electron chi connectivity index (χ0n) is 38.6. The van der Waals surface area contributed by atoms with Crippen LogP contribution in [0.3, 0.4) is 0 Å². The van der Waals surface area contributed by atoms with Gasteiger partial charge in [0.05, 0.1) is 53.7 Å². The van der Waals surface area contributed by atoms with E-state index < -0.39 is 95.2 Å².